The van der Waals surface area contributed by atoms with Crippen molar-refractivity contribution in [2.24, 2.45) is 0 Å². The first-order chi connectivity index (χ1) is 11.4. The van der Waals surface area contributed by atoms with Crippen molar-refractivity contribution in [1.82, 2.24) is 9.88 Å². The molecular formula is C15H15F7N2O. The maximum atomic E-state index is 15.0. The molecule has 0 unspecified atom stereocenters. The molecule has 2 heterocycles. The Morgan fingerprint density at radius 2 is 1.72 bits per heavy atom. The molecule has 0 bridgehead atoms. The molecule has 1 aliphatic rings. The Morgan fingerprint density at radius 3 is 2.24 bits per heavy atom. The monoisotopic (exact) mass is 372 g/mol. The molecule has 1 saturated heterocycles. The van der Waals surface area contributed by atoms with Gasteiger partial charge in [-0.1, -0.05) is 0 Å². The third kappa shape index (κ3) is 5.05. The summed E-state index contributed by atoms with van der Waals surface area (Å²) in [4.78, 5) is 16.2. The molecule has 0 atom stereocenters. The summed E-state index contributed by atoms with van der Waals surface area (Å²) in [6, 6.07) is 0.675. The highest BCUT2D eigenvalue weighted by molar-refractivity contribution is 5.76. The fourth-order valence-electron chi connectivity index (χ4n) is 2.65. The molecule has 0 spiro atoms. The van der Waals surface area contributed by atoms with E-state index in [0.29, 0.717) is 12.3 Å². The van der Waals surface area contributed by atoms with Crippen molar-refractivity contribution < 1.29 is 35.5 Å². The highest BCUT2D eigenvalue weighted by Crippen LogP contribution is 2.39. The van der Waals surface area contributed by atoms with Crippen LogP contribution >= 0.6 is 0 Å². The molecule has 1 amide bonds. The Labute approximate surface area is 138 Å². The number of carbonyl (C=O) groups is 1. The molecule has 1 aliphatic heterocycles. The van der Waals surface area contributed by atoms with Crippen molar-refractivity contribution in [3.63, 3.8) is 0 Å². The Bertz CT molecular complexity index is 619. The van der Waals surface area contributed by atoms with Gasteiger partial charge in [0, 0.05) is 50.3 Å². The number of aromatic nitrogens is 1. The predicted molar refractivity (Wildman–Crippen MR) is 73.1 cm³/mol. The molecule has 0 saturated carbocycles. The maximum absolute atomic E-state index is 15.0. The standard InChI is InChI=1S/C15H15F7N2O/c16-13(10-7-11(9-23-8-10)15(20,21)22)3-5-24(6-4-13)12(25)1-2-14(17,18)19/h7-9H,1-6H2. The molecule has 1 aromatic heterocycles. The van der Waals surface area contributed by atoms with Crippen molar-refractivity contribution in [3.05, 3.63) is 29.6 Å². The van der Waals surface area contributed by atoms with Crippen LogP contribution in [0.25, 0.3) is 0 Å². The van der Waals surface area contributed by atoms with E-state index >= 15 is 0 Å². The van der Waals surface area contributed by atoms with Crippen LogP contribution in [-0.2, 0) is 16.6 Å². The Balaban J connectivity index is 2.02. The van der Waals surface area contributed by atoms with Crippen molar-refractivity contribution in [3.8, 4) is 0 Å². The number of hydrogen-bond donors (Lipinski definition) is 0. The van der Waals surface area contributed by atoms with Gasteiger partial charge >= 0.3 is 12.4 Å². The van der Waals surface area contributed by atoms with Gasteiger partial charge in [0.15, 0.2) is 0 Å². The van der Waals surface area contributed by atoms with Gasteiger partial charge in [-0.05, 0) is 6.07 Å². The first-order valence-electron chi connectivity index (χ1n) is 7.47. The summed E-state index contributed by atoms with van der Waals surface area (Å²) in [7, 11) is 0. The fraction of sp³-hybridized carbons (Fsp3) is 0.600. The zero-order valence-corrected chi connectivity index (χ0v) is 12.9. The van der Waals surface area contributed by atoms with E-state index in [-0.39, 0.29) is 31.5 Å². The number of nitrogens with zero attached hydrogens (tertiary/aromatic N) is 2. The van der Waals surface area contributed by atoms with Gasteiger partial charge in [-0.25, -0.2) is 4.39 Å². The van der Waals surface area contributed by atoms with Crippen molar-refractivity contribution in [2.45, 2.75) is 43.7 Å². The molecule has 140 valence electrons. The van der Waals surface area contributed by atoms with Crippen molar-refractivity contribution >= 4 is 5.91 Å². The number of alkyl halides is 7. The second kappa shape index (κ2) is 6.80. The third-order valence-electron chi connectivity index (χ3n) is 4.11. The van der Waals surface area contributed by atoms with Crippen LogP contribution < -0.4 is 0 Å². The van der Waals surface area contributed by atoms with Crippen molar-refractivity contribution in [2.75, 3.05) is 13.1 Å². The quantitative estimate of drug-likeness (QED) is 0.744. The number of rotatable bonds is 3. The molecule has 1 fully saturated rings. The number of amides is 1. The summed E-state index contributed by atoms with van der Waals surface area (Å²) in [6.45, 7) is -0.327. The van der Waals surface area contributed by atoms with Crippen LogP contribution in [0.15, 0.2) is 18.5 Å². The lowest BCUT2D eigenvalue weighted by molar-refractivity contribution is -0.150. The summed E-state index contributed by atoms with van der Waals surface area (Å²) in [5, 5.41) is 0. The topological polar surface area (TPSA) is 33.2 Å². The van der Waals surface area contributed by atoms with Crippen LogP contribution in [-0.4, -0.2) is 35.1 Å². The second-order valence-corrected chi connectivity index (χ2v) is 5.92. The molecule has 10 heteroatoms. The molecule has 2 rings (SSSR count). The number of likely N-dealkylation sites (tertiary alicyclic amines) is 1. The minimum Gasteiger partial charge on any atom is -0.342 e. The summed E-state index contributed by atoms with van der Waals surface area (Å²) in [5.41, 5.74) is -3.43. The minimum atomic E-state index is -4.66. The number of pyridine rings is 1. The lowest BCUT2D eigenvalue weighted by atomic mass is 9.86. The summed E-state index contributed by atoms with van der Waals surface area (Å²) >= 11 is 0. The van der Waals surface area contributed by atoms with Gasteiger partial charge in [0.2, 0.25) is 5.91 Å². The van der Waals surface area contributed by atoms with Crippen LogP contribution in [0, 0.1) is 0 Å². The molecule has 3 nitrogen and oxygen atoms in total. The average Bonchev–Trinajstić information content (AvgIpc) is 2.52. The van der Waals surface area contributed by atoms with Gasteiger partial charge in [0.25, 0.3) is 0 Å². The van der Waals surface area contributed by atoms with Gasteiger partial charge in [-0.2, -0.15) is 26.3 Å². The van der Waals surface area contributed by atoms with Crippen LogP contribution in [0.5, 0.6) is 0 Å². The SMILES string of the molecule is O=C(CCC(F)(F)F)N1CCC(F)(c2cncc(C(F)(F)F)c2)CC1. The van der Waals surface area contributed by atoms with E-state index in [4.69, 9.17) is 0 Å². The second-order valence-electron chi connectivity index (χ2n) is 5.92. The van der Waals surface area contributed by atoms with Gasteiger partial charge in [0.1, 0.15) is 5.67 Å². The third-order valence-corrected chi connectivity index (χ3v) is 4.11. The van der Waals surface area contributed by atoms with Crippen LogP contribution in [0.1, 0.15) is 36.8 Å². The average molecular weight is 372 g/mol. The van der Waals surface area contributed by atoms with E-state index in [1.165, 1.54) is 0 Å². The van der Waals surface area contributed by atoms with E-state index in [1.54, 1.807) is 0 Å². The van der Waals surface area contributed by atoms with Gasteiger partial charge in [-0.3, -0.25) is 9.78 Å². The number of hydrogen-bond acceptors (Lipinski definition) is 2. The molecule has 25 heavy (non-hydrogen) atoms. The molecule has 0 aliphatic carbocycles. The van der Waals surface area contributed by atoms with E-state index in [0.717, 1.165) is 11.1 Å². The predicted octanol–water partition coefficient (Wildman–Crippen LogP) is 4.23. The number of halogens is 7. The van der Waals surface area contributed by atoms with Crippen LogP contribution in [0.2, 0.25) is 0 Å². The Hall–Kier alpha value is -1.87. The first-order valence-corrected chi connectivity index (χ1v) is 7.47. The molecule has 1 aromatic rings. The molecule has 0 N–H and O–H groups in total. The zero-order chi connectivity index (χ0) is 18.9. The van der Waals surface area contributed by atoms with Gasteiger partial charge in [0.05, 0.1) is 12.0 Å². The van der Waals surface area contributed by atoms with Crippen molar-refractivity contribution in [1.29, 1.82) is 0 Å². The molecular weight excluding hydrogens is 357 g/mol. The van der Waals surface area contributed by atoms with E-state index in [9.17, 15) is 35.5 Å². The van der Waals surface area contributed by atoms with E-state index in [1.807, 2.05) is 0 Å². The first kappa shape index (κ1) is 19.5. The number of piperidine rings is 1. The van der Waals surface area contributed by atoms with Crippen LogP contribution in [0.4, 0.5) is 30.7 Å². The number of carbonyl (C=O) groups excluding carboxylic acids is 1. The smallest absolute Gasteiger partial charge is 0.342 e. The lowest BCUT2D eigenvalue weighted by Crippen LogP contribution is -2.43. The zero-order valence-electron chi connectivity index (χ0n) is 12.9. The largest absolute Gasteiger partial charge is 0.417 e. The highest BCUT2D eigenvalue weighted by atomic mass is 19.4. The van der Waals surface area contributed by atoms with E-state index < -0.39 is 42.3 Å². The van der Waals surface area contributed by atoms with E-state index in [2.05, 4.69) is 4.98 Å². The summed E-state index contributed by atoms with van der Waals surface area (Å²) < 4.78 is 89.5. The highest BCUT2D eigenvalue weighted by Gasteiger charge is 2.40. The summed E-state index contributed by atoms with van der Waals surface area (Å²) in [6.07, 6.45) is -10.1. The lowest BCUT2D eigenvalue weighted by Gasteiger charge is -2.36. The Kier molecular flexibility index (Phi) is 5.29. The van der Waals surface area contributed by atoms with Crippen LogP contribution in [0.3, 0.4) is 0 Å². The fourth-order valence-corrected chi connectivity index (χ4v) is 2.65. The molecule has 0 radical (unpaired) electrons. The minimum absolute atomic E-state index is 0.163. The maximum Gasteiger partial charge on any atom is 0.417 e. The van der Waals surface area contributed by atoms with Gasteiger partial charge < -0.3 is 4.90 Å². The normalized spacial score (nSPS) is 18.3. The Morgan fingerprint density at radius 1 is 1.12 bits per heavy atom. The summed E-state index contributed by atoms with van der Waals surface area (Å²) in [5.74, 6) is -0.749. The van der Waals surface area contributed by atoms with Gasteiger partial charge in [-0.15, -0.1) is 0 Å². The molecule has 0 aromatic carbocycles.